The minimum absolute atomic E-state index is 0.215. The lowest BCUT2D eigenvalue weighted by molar-refractivity contribution is 0.405. The lowest BCUT2D eigenvalue weighted by atomic mass is 10.0. The van der Waals surface area contributed by atoms with Gasteiger partial charge in [-0.05, 0) is 31.5 Å². The van der Waals surface area contributed by atoms with E-state index in [0.29, 0.717) is 11.0 Å². The van der Waals surface area contributed by atoms with Gasteiger partial charge in [-0.3, -0.25) is 13.9 Å². The van der Waals surface area contributed by atoms with Crippen molar-refractivity contribution in [3.8, 4) is 0 Å². The predicted octanol–water partition coefficient (Wildman–Crippen LogP) is 0.447. The van der Waals surface area contributed by atoms with Crippen molar-refractivity contribution < 1.29 is 0 Å². The second kappa shape index (κ2) is 4.86. The van der Waals surface area contributed by atoms with E-state index in [9.17, 15) is 9.59 Å². The number of pyridine rings is 1. The Labute approximate surface area is 116 Å². The molecule has 1 aliphatic rings. The highest BCUT2D eigenvalue weighted by Crippen LogP contribution is 2.22. The topological polar surface area (TPSA) is 68.9 Å². The monoisotopic (exact) mass is 274 g/mol. The first kappa shape index (κ1) is 13.1. The van der Waals surface area contributed by atoms with Crippen LogP contribution in [0.1, 0.15) is 31.0 Å². The van der Waals surface area contributed by atoms with Crippen LogP contribution < -0.4 is 16.6 Å². The number of hydrogen-bond acceptors (Lipinski definition) is 4. The standard InChI is InChI=1S/C14H18N4O2/c1-17-12-9(13(19)18(2)14(17)20)6-7-11(16-12)10-5-3-4-8-15-10/h6-7,10,15H,3-5,8H2,1-2H3. The van der Waals surface area contributed by atoms with Gasteiger partial charge in [0.2, 0.25) is 0 Å². The minimum atomic E-state index is -0.344. The Morgan fingerprint density at radius 2 is 2.00 bits per heavy atom. The van der Waals surface area contributed by atoms with Crippen LogP contribution in [0.4, 0.5) is 0 Å². The van der Waals surface area contributed by atoms with Crippen molar-refractivity contribution in [1.82, 2.24) is 19.4 Å². The summed E-state index contributed by atoms with van der Waals surface area (Å²) >= 11 is 0. The van der Waals surface area contributed by atoms with Crippen LogP contribution >= 0.6 is 0 Å². The highest BCUT2D eigenvalue weighted by molar-refractivity contribution is 5.74. The number of aromatic nitrogens is 3. The molecule has 0 amide bonds. The van der Waals surface area contributed by atoms with E-state index in [4.69, 9.17) is 0 Å². The van der Waals surface area contributed by atoms with Crippen molar-refractivity contribution in [2.75, 3.05) is 6.54 Å². The van der Waals surface area contributed by atoms with E-state index < -0.39 is 0 Å². The molecule has 2 aromatic rings. The van der Waals surface area contributed by atoms with E-state index in [1.165, 1.54) is 24.5 Å². The molecule has 0 bridgehead atoms. The summed E-state index contributed by atoms with van der Waals surface area (Å²) in [5.74, 6) is 0. The summed E-state index contributed by atoms with van der Waals surface area (Å²) in [7, 11) is 3.13. The number of aryl methyl sites for hydroxylation is 1. The summed E-state index contributed by atoms with van der Waals surface area (Å²) in [6, 6.07) is 3.87. The number of fused-ring (bicyclic) bond motifs is 1. The van der Waals surface area contributed by atoms with Crippen LogP contribution in [0.3, 0.4) is 0 Å². The van der Waals surface area contributed by atoms with Gasteiger partial charge in [0.05, 0.1) is 11.1 Å². The number of rotatable bonds is 1. The first-order valence-corrected chi connectivity index (χ1v) is 6.89. The van der Waals surface area contributed by atoms with Gasteiger partial charge in [-0.2, -0.15) is 0 Å². The van der Waals surface area contributed by atoms with Crippen LogP contribution in [0.25, 0.3) is 11.0 Å². The highest BCUT2D eigenvalue weighted by atomic mass is 16.2. The Balaban J connectivity index is 2.20. The molecule has 106 valence electrons. The molecule has 20 heavy (non-hydrogen) atoms. The molecule has 0 radical (unpaired) electrons. The zero-order valence-electron chi connectivity index (χ0n) is 11.7. The molecule has 6 nitrogen and oxygen atoms in total. The number of piperidine rings is 1. The third-order valence-corrected chi connectivity index (χ3v) is 3.99. The number of hydrogen-bond donors (Lipinski definition) is 1. The van der Waals surface area contributed by atoms with Crippen molar-refractivity contribution in [3.63, 3.8) is 0 Å². The van der Waals surface area contributed by atoms with Crippen molar-refractivity contribution in [2.45, 2.75) is 25.3 Å². The van der Waals surface area contributed by atoms with Crippen LogP contribution in [-0.2, 0) is 14.1 Å². The Bertz CT molecular complexity index is 769. The zero-order valence-corrected chi connectivity index (χ0v) is 11.7. The Hall–Kier alpha value is -1.95. The Kier molecular flexibility index (Phi) is 3.17. The van der Waals surface area contributed by atoms with Gasteiger partial charge in [-0.1, -0.05) is 6.42 Å². The molecule has 6 heteroatoms. The van der Waals surface area contributed by atoms with Crippen molar-refractivity contribution in [1.29, 1.82) is 0 Å². The quantitative estimate of drug-likeness (QED) is 0.819. The lowest BCUT2D eigenvalue weighted by Gasteiger charge is -2.23. The van der Waals surface area contributed by atoms with Crippen LogP contribution in [-0.4, -0.2) is 20.7 Å². The molecule has 1 unspecified atom stereocenters. The summed E-state index contributed by atoms with van der Waals surface area (Å²) in [5, 5.41) is 3.91. The fourth-order valence-corrected chi connectivity index (χ4v) is 2.77. The molecule has 2 aromatic heterocycles. The van der Waals surface area contributed by atoms with Gasteiger partial charge in [0, 0.05) is 20.1 Å². The Morgan fingerprint density at radius 1 is 1.20 bits per heavy atom. The molecule has 0 aliphatic carbocycles. The van der Waals surface area contributed by atoms with E-state index in [1.807, 2.05) is 6.07 Å². The molecular formula is C14H18N4O2. The van der Waals surface area contributed by atoms with Crippen molar-refractivity contribution in [3.05, 3.63) is 38.7 Å². The summed E-state index contributed by atoms with van der Waals surface area (Å²) in [4.78, 5) is 28.6. The van der Waals surface area contributed by atoms with Crippen molar-refractivity contribution >= 4 is 11.0 Å². The third-order valence-electron chi connectivity index (χ3n) is 3.99. The molecular weight excluding hydrogens is 256 g/mol. The molecule has 1 saturated heterocycles. The Morgan fingerprint density at radius 3 is 2.70 bits per heavy atom. The van der Waals surface area contributed by atoms with E-state index in [-0.39, 0.29) is 17.3 Å². The summed E-state index contributed by atoms with van der Waals surface area (Å²) in [5.41, 5.74) is 0.728. The van der Waals surface area contributed by atoms with Gasteiger partial charge < -0.3 is 5.32 Å². The first-order valence-electron chi connectivity index (χ1n) is 6.89. The van der Waals surface area contributed by atoms with E-state index in [1.54, 1.807) is 13.1 Å². The average Bonchev–Trinajstić information content (AvgIpc) is 2.51. The molecule has 1 atom stereocenters. The largest absolute Gasteiger partial charge is 0.332 e. The van der Waals surface area contributed by atoms with Gasteiger partial charge >= 0.3 is 5.69 Å². The van der Waals surface area contributed by atoms with Crippen LogP contribution in [0.15, 0.2) is 21.7 Å². The maximum Gasteiger partial charge on any atom is 0.332 e. The third kappa shape index (κ3) is 1.96. The summed E-state index contributed by atoms with van der Waals surface area (Å²) < 4.78 is 2.55. The fourth-order valence-electron chi connectivity index (χ4n) is 2.77. The lowest BCUT2D eigenvalue weighted by Crippen LogP contribution is -2.37. The SMILES string of the molecule is Cn1c(=O)c2ccc(C3CCCCN3)nc2n(C)c1=O. The van der Waals surface area contributed by atoms with Crippen LogP contribution in [0.5, 0.6) is 0 Å². The van der Waals surface area contributed by atoms with Gasteiger partial charge in [-0.15, -0.1) is 0 Å². The molecule has 1 aliphatic heterocycles. The predicted molar refractivity (Wildman–Crippen MR) is 76.8 cm³/mol. The molecule has 1 fully saturated rings. The number of nitrogens with zero attached hydrogens (tertiary/aromatic N) is 3. The zero-order chi connectivity index (χ0) is 14.3. The molecule has 0 spiro atoms. The van der Waals surface area contributed by atoms with Gasteiger partial charge in [-0.25, -0.2) is 9.78 Å². The maximum absolute atomic E-state index is 12.1. The van der Waals surface area contributed by atoms with E-state index in [2.05, 4.69) is 10.3 Å². The summed E-state index contributed by atoms with van der Waals surface area (Å²) in [6.07, 6.45) is 3.40. The van der Waals surface area contributed by atoms with Crippen LogP contribution in [0, 0.1) is 0 Å². The highest BCUT2D eigenvalue weighted by Gasteiger charge is 2.18. The maximum atomic E-state index is 12.1. The first-order chi connectivity index (χ1) is 9.59. The van der Waals surface area contributed by atoms with E-state index in [0.717, 1.165) is 23.2 Å². The average molecular weight is 274 g/mol. The fraction of sp³-hybridized carbons (Fsp3) is 0.500. The smallest absolute Gasteiger partial charge is 0.309 e. The van der Waals surface area contributed by atoms with Gasteiger partial charge in [0.1, 0.15) is 5.65 Å². The van der Waals surface area contributed by atoms with E-state index >= 15 is 0 Å². The second-order valence-corrected chi connectivity index (χ2v) is 5.32. The molecule has 0 saturated carbocycles. The van der Waals surface area contributed by atoms with Crippen molar-refractivity contribution in [2.24, 2.45) is 14.1 Å². The minimum Gasteiger partial charge on any atom is -0.309 e. The molecule has 3 heterocycles. The normalized spacial score (nSPS) is 19.4. The summed E-state index contributed by atoms with van der Waals surface area (Å²) in [6.45, 7) is 0.986. The van der Waals surface area contributed by atoms with Gasteiger partial charge in [0.15, 0.2) is 0 Å². The molecule has 0 aromatic carbocycles. The molecule has 1 N–H and O–H groups in total. The van der Waals surface area contributed by atoms with Crippen LogP contribution in [0.2, 0.25) is 0 Å². The molecule has 3 rings (SSSR count). The second-order valence-electron chi connectivity index (χ2n) is 5.32. The van der Waals surface area contributed by atoms with Gasteiger partial charge in [0.25, 0.3) is 5.56 Å². The number of nitrogens with one attached hydrogen (secondary N) is 1.